The lowest BCUT2D eigenvalue weighted by Gasteiger charge is -2.37. The first-order chi connectivity index (χ1) is 14.4. The summed E-state index contributed by atoms with van der Waals surface area (Å²) in [5, 5.41) is 12.5. The maximum absolute atomic E-state index is 14.1. The third kappa shape index (κ3) is 3.85. The predicted octanol–water partition coefficient (Wildman–Crippen LogP) is 3.73. The lowest BCUT2D eigenvalue weighted by atomic mass is 10.0. The summed E-state index contributed by atoms with van der Waals surface area (Å²) in [4.78, 5) is 24.8. The molecule has 2 N–H and O–H groups in total. The van der Waals surface area contributed by atoms with Gasteiger partial charge in [-0.05, 0) is 44.2 Å². The van der Waals surface area contributed by atoms with Crippen LogP contribution >= 0.6 is 0 Å². The second-order valence-electron chi connectivity index (χ2n) is 7.48. The van der Waals surface area contributed by atoms with Crippen LogP contribution < -0.4 is 15.1 Å². The number of fused-ring (bicyclic) bond motifs is 1. The standard InChI is InChI=1S/C22H24FN5O2/c1-14-18(23)7-6-16-13-17(15(2)25-22(29)30)21(26-20(14)16)28-11-9-27(10-12-28)19-5-3-4-8-24-19/h3-8,13,15,25H,9-12H2,1-2H3,(H,29,30). The van der Waals surface area contributed by atoms with Crippen molar-refractivity contribution in [2.75, 3.05) is 36.0 Å². The average molecular weight is 409 g/mol. The molecule has 3 aromatic rings. The van der Waals surface area contributed by atoms with Crippen molar-refractivity contribution in [2.24, 2.45) is 0 Å². The molecule has 1 saturated heterocycles. The van der Waals surface area contributed by atoms with Gasteiger partial charge in [-0.2, -0.15) is 0 Å². The summed E-state index contributed by atoms with van der Waals surface area (Å²) in [6, 6.07) is 10.4. The van der Waals surface area contributed by atoms with Crippen LogP contribution in [0.15, 0.2) is 42.6 Å². The van der Waals surface area contributed by atoms with Gasteiger partial charge in [0.15, 0.2) is 0 Å². The minimum atomic E-state index is -1.09. The highest BCUT2D eigenvalue weighted by Gasteiger charge is 2.24. The van der Waals surface area contributed by atoms with Crippen molar-refractivity contribution in [1.82, 2.24) is 15.3 Å². The number of nitrogens with zero attached hydrogens (tertiary/aromatic N) is 4. The molecule has 3 heterocycles. The number of nitrogens with one attached hydrogen (secondary N) is 1. The molecular weight excluding hydrogens is 385 g/mol. The van der Waals surface area contributed by atoms with E-state index in [0.717, 1.165) is 29.9 Å². The highest BCUT2D eigenvalue weighted by atomic mass is 19.1. The molecule has 0 saturated carbocycles. The van der Waals surface area contributed by atoms with Crippen LogP contribution in [0.25, 0.3) is 10.9 Å². The van der Waals surface area contributed by atoms with Crippen LogP contribution in [-0.2, 0) is 0 Å². The predicted molar refractivity (Wildman–Crippen MR) is 115 cm³/mol. The van der Waals surface area contributed by atoms with Crippen LogP contribution in [0.4, 0.5) is 20.8 Å². The van der Waals surface area contributed by atoms with E-state index in [2.05, 4.69) is 20.1 Å². The third-order valence-corrected chi connectivity index (χ3v) is 5.54. The van der Waals surface area contributed by atoms with Gasteiger partial charge in [-0.15, -0.1) is 0 Å². The monoisotopic (exact) mass is 409 g/mol. The summed E-state index contributed by atoms with van der Waals surface area (Å²) in [6.45, 7) is 6.44. The van der Waals surface area contributed by atoms with Crippen LogP contribution in [0.1, 0.15) is 24.1 Å². The van der Waals surface area contributed by atoms with Gasteiger partial charge in [-0.3, -0.25) is 0 Å². The van der Waals surface area contributed by atoms with Crippen molar-refractivity contribution in [3.8, 4) is 0 Å². The number of pyridine rings is 2. The first-order valence-corrected chi connectivity index (χ1v) is 9.94. The molecule has 0 bridgehead atoms. The Balaban J connectivity index is 1.69. The van der Waals surface area contributed by atoms with Crippen LogP contribution in [-0.4, -0.2) is 47.3 Å². The summed E-state index contributed by atoms with van der Waals surface area (Å²) < 4.78 is 14.1. The van der Waals surface area contributed by atoms with E-state index in [-0.39, 0.29) is 5.82 Å². The van der Waals surface area contributed by atoms with Crippen LogP contribution in [0.2, 0.25) is 0 Å². The molecule has 4 rings (SSSR count). The van der Waals surface area contributed by atoms with Gasteiger partial charge in [0.25, 0.3) is 0 Å². The molecule has 1 atom stereocenters. The Bertz CT molecular complexity index is 1070. The second-order valence-corrected chi connectivity index (χ2v) is 7.48. The van der Waals surface area contributed by atoms with Crippen molar-refractivity contribution < 1.29 is 14.3 Å². The number of carbonyl (C=O) groups is 1. The molecule has 7 nitrogen and oxygen atoms in total. The lowest BCUT2D eigenvalue weighted by Crippen LogP contribution is -2.47. The molecule has 1 aromatic carbocycles. The van der Waals surface area contributed by atoms with Gasteiger partial charge in [0.05, 0.1) is 11.6 Å². The van der Waals surface area contributed by atoms with Crippen LogP contribution in [0, 0.1) is 12.7 Å². The topological polar surface area (TPSA) is 81.6 Å². The minimum Gasteiger partial charge on any atom is -0.465 e. The minimum absolute atomic E-state index is 0.301. The zero-order chi connectivity index (χ0) is 21.3. The molecule has 1 unspecified atom stereocenters. The smallest absolute Gasteiger partial charge is 0.405 e. The molecule has 8 heteroatoms. The van der Waals surface area contributed by atoms with Gasteiger partial charge in [-0.25, -0.2) is 19.2 Å². The zero-order valence-corrected chi connectivity index (χ0v) is 17.0. The quantitative estimate of drug-likeness (QED) is 0.683. The summed E-state index contributed by atoms with van der Waals surface area (Å²) >= 11 is 0. The molecular formula is C22H24FN5O2. The molecule has 1 fully saturated rings. The molecule has 0 aliphatic carbocycles. The van der Waals surface area contributed by atoms with E-state index in [4.69, 9.17) is 4.98 Å². The van der Waals surface area contributed by atoms with Crippen LogP contribution in [0.3, 0.4) is 0 Å². The molecule has 0 radical (unpaired) electrons. The van der Waals surface area contributed by atoms with E-state index in [0.29, 0.717) is 30.0 Å². The Morgan fingerprint density at radius 1 is 1.17 bits per heavy atom. The Hall–Kier alpha value is -3.42. The molecule has 2 aromatic heterocycles. The van der Waals surface area contributed by atoms with Crippen molar-refractivity contribution >= 4 is 28.6 Å². The Morgan fingerprint density at radius 3 is 2.57 bits per heavy atom. The average Bonchev–Trinajstić information content (AvgIpc) is 2.76. The highest BCUT2D eigenvalue weighted by Crippen LogP contribution is 2.31. The number of rotatable bonds is 4. The number of piperazine rings is 1. The fourth-order valence-corrected chi connectivity index (χ4v) is 3.89. The number of hydrogen-bond donors (Lipinski definition) is 2. The number of hydrogen-bond acceptors (Lipinski definition) is 5. The molecule has 1 aliphatic heterocycles. The number of benzene rings is 1. The summed E-state index contributed by atoms with van der Waals surface area (Å²) in [5.41, 5.74) is 1.87. The Labute approximate surface area is 174 Å². The number of aryl methyl sites for hydroxylation is 1. The van der Waals surface area contributed by atoms with Gasteiger partial charge < -0.3 is 20.2 Å². The van der Waals surface area contributed by atoms with Crippen LogP contribution in [0.5, 0.6) is 0 Å². The van der Waals surface area contributed by atoms with Gasteiger partial charge in [0, 0.05) is 48.9 Å². The van der Waals surface area contributed by atoms with E-state index in [1.807, 2.05) is 24.3 Å². The summed E-state index contributed by atoms with van der Waals surface area (Å²) in [5.74, 6) is 1.33. The van der Waals surface area contributed by atoms with E-state index in [1.54, 1.807) is 26.1 Å². The maximum Gasteiger partial charge on any atom is 0.405 e. The second kappa shape index (κ2) is 8.14. The number of amides is 1. The van der Waals surface area contributed by atoms with E-state index >= 15 is 0 Å². The maximum atomic E-state index is 14.1. The van der Waals surface area contributed by atoms with E-state index in [9.17, 15) is 14.3 Å². The van der Waals surface area contributed by atoms with Crippen molar-refractivity contribution in [3.63, 3.8) is 0 Å². The number of aromatic nitrogens is 2. The van der Waals surface area contributed by atoms with E-state index < -0.39 is 12.1 Å². The van der Waals surface area contributed by atoms with Gasteiger partial charge in [0.2, 0.25) is 0 Å². The molecule has 1 amide bonds. The highest BCUT2D eigenvalue weighted by molar-refractivity contribution is 5.85. The Kier molecular flexibility index (Phi) is 5.39. The number of halogens is 1. The molecule has 156 valence electrons. The zero-order valence-electron chi connectivity index (χ0n) is 17.0. The van der Waals surface area contributed by atoms with Crippen molar-refractivity contribution in [2.45, 2.75) is 19.9 Å². The largest absolute Gasteiger partial charge is 0.465 e. The summed E-state index contributed by atoms with van der Waals surface area (Å²) in [6.07, 6.45) is 0.685. The van der Waals surface area contributed by atoms with Gasteiger partial charge in [0.1, 0.15) is 17.5 Å². The normalized spacial score (nSPS) is 15.3. The molecule has 1 aliphatic rings. The number of carboxylic acid groups (broad SMARTS) is 1. The molecule has 0 spiro atoms. The van der Waals surface area contributed by atoms with Gasteiger partial charge >= 0.3 is 6.09 Å². The molecule has 30 heavy (non-hydrogen) atoms. The third-order valence-electron chi connectivity index (χ3n) is 5.54. The SMILES string of the molecule is Cc1c(F)ccc2cc(C(C)NC(=O)O)c(N3CCN(c4ccccn4)CC3)nc12. The fraction of sp³-hybridized carbons (Fsp3) is 0.318. The van der Waals surface area contributed by atoms with Crippen molar-refractivity contribution in [1.29, 1.82) is 0 Å². The lowest BCUT2D eigenvalue weighted by molar-refractivity contribution is 0.191. The fourth-order valence-electron chi connectivity index (χ4n) is 3.89. The summed E-state index contributed by atoms with van der Waals surface area (Å²) in [7, 11) is 0. The Morgan fingerprint density at radius 2 is 1.90 bits per heavy atom. The number of anilines is 2. The van der Waals surface area contributed by atoms with Gasteiger partial charge in [-0.1, -0.05) is 6.07 Å². The first-order valence-electron chi connectivity index (χ1n) is 9.94. The van der Waals surface area contributed by atoms with E-state index in [1.165, 1.54) is 6.07 Å². The van der Waals surface area contributed by atoms with Crippen molar-refractivity contribution in [3.05, 3.63) is 59.5 Å². The first kappa shape index (κ1) is 19.9.